The molecule has 1 aliphatic rings. The number of aliphatic hydroxyl groups excluding tert-OH is 1. The standard InChI is InChI=1S/C26H22F3NO6S/c27-26(28,29)36-20-12-8-17(9-13-20)21(35-24(32)18-4-2-1-3-5-18)15-34-19-10-6-16(7-11-19)14-22-23(31)30-25(33)37-22/h1-13,21-23,31H,14-15H2,(H,30,33)/t21-,22?,23?/m0/s1. The van der Waals surface area contributed by atoms with Crippen LogP contribution in [0.25, 0.3) is 0 Å². The first-order chi connectivity index (χ1) is 17.7. The predicted molar refractivity (Wildman–Crippen MR) is 129 cm³/mol. The fraction of sp³-hybridized carbons (Fsp3) is 0.231. The van der Waals surface area contributed by atoms with Gasteiger partial charge in [0.2, 0.25) is 0 Å². The summed E-state index contributed by atoms with van der Waals surface area (Å²) >= 11 is 1.04. The zero-order chi connectivity index (χ0) is 26.4. The summed E-state index contributed by atoms with van der Waals surface area (Å²) in [5.74, 6) is -0.547. The number of esters is 1. The number of benzene rings is 3. The minimum absolute atomic E-state index is 0.104. The number of nitrogens with one attached hydrogen (secondary N) is 1. The van der Waals surface area contributed by atoms with Gasteiger partial charge in [0, 0.05) is 0 Å². The molecule has 1 amide bonds. The third kappa shape index (κ3) is 7.64. The summed E-state index contributed by atoms with van der Waals surface area (Å²) in [5, 5.41) is 11.7. The molecule has 0 radical (unpaired) electrons. The fourth-order valence-electron chi connectivity index (χ4n) is 3.58. The van der Waals surface area contributed by atoms with Crippen molar-refractivity contribution >= 4 is 23.0 Å². The van der Waals surface area contributed by atoms with E-state index >= 15 is 0 Å². The molecule has 3 atom stereocenters. The molecule has 0 saturated carbocycles. The summed E-state index contributed by atoms with van der Waals surface area (Å²) in [6, 6.07) is 20.3. The summed E-state index contributed by atoms with van der Waals surface area (Å²) in [5.41, 5.74) is 1.61. The maximum atomic E-state index is 12.7. The molecule has 7 nitrogen and oxygen atoms in total. The van der Waals surface area contributed by atoms with Gasteiger partial charge in [0.25, 0.3) is 5.24 Å². The smallest absolute Gasteiger partial charge is 0.489 e. The summed E-state index contributed by atoms with van der Waals surface area (Å²) in [6.07, 6.45) is -6.19. The number of hydrogen-bond acceptors (Lipinski definition) is 7. The van der Waals surface area contributed by atoms with Crippen LogP contribution < -0.4 is 14.8 Å². The van der Waals surface area contributed by atoms with E-state index in [1.54, 1.807) is 54.6 Å². The Bertz CT molecular complexity index is 1210. The van der Waals surface area contributed by atoms with Crippen molar-refractivity contribution in [3.8, 4) is 11.5 Å². The van der Waals surface area contributed by atoms with Crippen molar-refractivity contribution < 1.29 is 42.1 Å². The molecule has 1 fully saturated rings. The number of halogens is 3. The second-order valence-electron chi connectivity index (χ2n) is 8.07. The third-order valence-electron chi connectivity index (χ3n) is 5.38. The highest BCUT2D eigenvalue weighted by Gasteiger charge is 2.32. The van der Waals surface area contributed by atoms with E-state index < -0.39 is 30.4 Å². The van der Waals surface area contributed by atoms with E-state index in [0.717, 1.165) is 29.5 Å². The molecule has 2 unspecified atom stereocenters. The first kappa shape index (κ1) is 26.4. The highest BCUT2D eigenvalue weighted by atomic mass is 32.2. The Kier molecular flexibility index (Phi) is 8.24. The Hall–Kier alpha value is -3.70. The predicted octanol–water partition coefficient (Wildman–Crippen LogP) is 5.25. The number of carbonyl (C=O) groups excluding carboxylic acids is 2. The van der Waals surface area contributed by atoms with Crippen molar-refractivity contribution in [2.24, 2.45) is 0 Å². The molecule has 1 saturated heterocycles. The van der Waals surface area contributed by atoms with Crippen LogP contribution in [-0.2, 0) is 11.2 Å². The van der Waals surface area contributed by atoms with E-state index in [-0.39, 0.29) is 17.1 Å². The lowest BCUT2D eigenvalue weighted by atomic mass is 10.1. The second kappa shape index (κ2) is 11.6. The third-order valence-corrected chi connectivity index (χ3v) is 6.44. The maximum Gasteiger partial charge on any atom is 0.573 e. The van der Waals surface area contributed by atoms with Crippen LogP contribution >= 0.6 is 11.8 Å². The van der Waals surface area contributed by atoms with Gasteiger partial charge in [-0.3, -0.25) is 4.79 Å². The minimum Gasteiger partial charge on any atom is -0.489 e. The van der Waals surface area contributed by atoms with Crippen LogP contribution in [-0.4, -0.2) is 40.8 Å². The lowest BCUT2D eigenvalue weighted by Crippen LogP contribution is -2.31. The molecule has 11 heteroatoms. The molecule has 37 heavy (non-hydrogen) atoms. The molecular formula is C26H22F3NO6S. The van der Waals surface area contributed by atoms with Crippen LogP contribution in [0.15, 0.2) is 78.9 Å². The largest absolute Gasteiger partial charge is 0.573 e. The first-order valence-electron chi connectivity index (χ1n) is 11.1. The number of carbonyl (C=O) groups is 2. The monoisotopic (exact) mass is 533 g/mol. The van der Waals surface area contributed by atoms with Crippen LogP contribution in [0.5, 0.6) is 11.5 Å². The molecule has 3 aromatic carbocycles. The summed E-state index contributed by atoms with van der Waals surface area (Å²) < 4.78 is 52.9. The highest BCUT2D eigenvalue weighted by molar-refractivity contribution is 8.14. The Labute approximate surface area is 214 Å². The Balaban J connectivity index is 1.44. The SMILES string of the molecule is O=C1NC(O)C(Cc2ccc(OC[C@H](OC(=O)c3ccccc3)c3ccc(OC(F)(F)F)cc3)cc2)S1. The van der Waals surface area contributed by atoms with E-state index in [1.807, 2.05) is 0 Å². The van der Waals surface area contributed by atoms with E-state index in [0.29, 0.717) is 23.3 Å². The van der Waals surface area contributed by atoms with Crippen molar-refractivity contribution in [1.82, 2.24) is 5.32 Å². The van der Waals surface area contributed by atoms with E-state index in [2.05, 4.69) is 10.1 Å². The number of hydrogen-bond donors (Lipinski definition) is 2. The molecule has 194 valence electrons. The van der Waals surface area contributed by atoms with Crippen molar-refractivity contribution in [2.45, 2.75) is 30.4 Å². The molecule has 1 heterocycles. The first-order valence-corrected chi connectivity index (χ1v) is 12.0. The average Bonchev–Trinajstić information content (AvgIpc) is 3.18. The Morgan fingerprint density at radius 3 is 2.22 bits per heavy atom. The topological polar surface area (TPSA) is 94.1 Å². The molecule has 2 N–H and O–H groups in total. The number of aliphatic hydroxyl groups is 1. The van der Waals surface area contributed by atoms with Crippen molar-refractivity contribution in [2.75, 3.05) is 6.61 Å². The van der Waals surface area contributed by atoms with E-state index in [4.69, 9.17) is 9.47 Å². The Morgan fingerprint density at radius 2 is 1.62 bits per heavy atom. The highest BCUT2D eigenvalue weighted by Crippen LogP contribution is 2.28. The number of rotatable bonds is 9. The van der Waals surface area contributed by atoms with Crippen molar-refractivity contribution in [3.63, 3.8) is 0 Å². The van der Waals surface area contributed by atoms with Gasteiger partial charge in [0.1, 0.15) is 24.3 Å². The molecule has 0 aromatic heterocycles. The van der Waals surface area contributed by atoms with E-state index in [9.17, 15) is 27.9 Å². The second-order valence-corrected chi connectivity index (χ2v) is 9.28. The normalized spacial score (nSPS) is 18.1. The van der Waals surface area contributed by atoms with Crippen LogP contribution in [0.2, 0.25) is 0 Å². The fourth-order valence-corrected chi connectivity index (χ4v) is 4.52. The number of amides is 1. The van der Waals surface area contributed by atoms with Gasteiger partial charge >= 0.3 is 12.3 Å². The molecule has 0 spiro atoms. The van der Waals surface area contributed by atoms with Crippen molar-refractivity contribution in [3.05, 3.63) is 95.6 Å². The Morgan fingerprint density at radius 1 is 0.973 bits per heavy atom. The molecule has 3 aromatic rings. The zero-order valence-corrected chi connectivity index (χ0v) is 20.0. The van der Waals surface area contributed by atoms with Crippen molar-refractivity contribution in [1.29, 1.82) is 0 Å². The number of alkyl halides is 3. The molecule has 0 bridgehead atoms. The molecule has 4 rings (SSSR count). The zero-order valence-electron chi connectivity index (χ0n) is 19.2. The number of thioether (sulfide) groups is 1. The molecular weight excluding hydrogens is 511 g/mol. The van der Waals surface area contributed by atoms with Gasteiger partial charge in [-0.2, -0.15) is 0 Å². The lowest BCUT2D eigenvalue weighted by molar-refractivity contribution is -0.274. The minimum atomic E-state index is -4.82. The van der Waals surface area contributed by atoms with Gasteiger partial charge in [-0.15, -0.1) is 13.2 Å². The summed E-state index contributed by atoms with van der Waals surface area (Å²) in [6.45, 7) is -0.104. The van der Waals surface area contributed by atoms with Gasteiger partial charge in [-0.05, 0) is 53.9 Å². The van der Waals surface area contributed by atoms with Gasteiger partial charge < -0.3 is 24.6 Å². The van der Waals surface area contributed by atoms with E-state index in [1.165, 1.54) is 12.1 Å². The van der Waals surface area contributed by atoms with Crippen LogP contribution in [0.3, 0.4) is 0 Å². The summed E-state index contributed by atoms with van der Waals surface area (Å²) in [4.78, 5) is 24.1. The quantitative estimate of drug-likeness (QED) is 0.363. The van der Waals surface area contributed by atoms with Gasteiger partial charge in [0.15, 0.2) is 6.10 Å². The molecule has 0 aliphatic carbocycles. The summed E-state index contributed by atoms with van der Waals surface area (Å²) in [7, 11) is 0. The van der Waals surface area contributed by atoms with Crippen LogP contribution in [0.1, 0.15) is 27.6 Å². The average molecular weight is 534 g/mol. The number of ether oxygens (including phenoxy) is 3. The molecule has 1 aliphatic heterocycles. The lowest BCUT2D eigenvalue weighted by Gasteiger charge is -2.20. The van der Waals surface area contributed by atoms with Gasteiger partial charge in [-0.25, -0.2) is 4.79 Å². The maximum absolute atomic E-state index is 12.7. The van der Waals surface area contributed by atoms with Gasteiger partial charge in [-0.1, -0.05) is 54.2 Å². The van der Waals surface area contributed by atoms with Gasteiger partial charge in [0.05, 0.1) is 10.8 Å². The van der Waals surface area contributed by atoms with Crippen LogP contribution in [0, 0.1) is 0 Å². The van der Waals surface area contributed by atoms with Crippen LogP contribution in [0.4, 0.5) is 18.0 Å².